The second kappa shape index (κ2) is 6.38. The van der Waals surface area contributed by atoms with Gasteiger partial charge in [-0.3, -0.25) is 16.0 Å². The van der Waals surface area contributed by atoms with Crippen LogP contribution in [0.1, 0.15) is 5.56 Å². The number of anilines is 1. The Labute approximate surface area is 124 Å². The van der Waals surface area contributed by atoms with Gasteiger partial charge in [-0.1, -0.05) is 29.8 Å². The van der Waals surface area contributed by atoms with Gasteiger partial charge in [-0.15, -0.1) is 0 Å². The molecular formula is C13H11ClFN3O3. The lowest BCUT2D eigenvalue weighted by atomic mass is 10.1. The molecule has 2 rings (SSSR count). The second-order valence-electron chi connectivity index (χ2n) is 4.05. The number of ether oxygens (including phenoxy) is 1. The highest BCUT2D eigenvalue weighted by atomic mass is 35.5. The number of nitrogens with zero attached hydrogens (tertiary/aromatic N) is 1. The van der Waals surface area contributed by atoms with Gasteiger partial charge in [0.15, 0.2) is 11.6 Å². The van der Waals surface area contributed by atoms with Crippen molar-refractivity contribution in [3.05, 3.63) is 62.9 Å². The fourth-order valence-electron chi connectivity index (χ4n) is 1.80. The number of nitro benzene ring substituents is 1. The third-order valence-electron chi connectivity index (χ3n) is 2.76. The molecule has 6 nitrogen and oxygen atoms in total. The number of hydrazine groups is 1. The van der Waals surface area contributed by atoms with E-state index in [0.717, 1.165) is 0 Å². The topological polar surface area (TPSA) is 90.4 Å². The lowest BCUT2D eigenvalue weighted by Crippen LogP contribution is -2.12. The van der Waals surface area contributed by atoms with Crippen LogP contribution in [0.2, 0.25) is 5.02 Å². The van der Waals surface area contributed by atoms with Gasteiger partial charge in [0, 0.05) is 11.6 Å². The molecule has 0 aromatic heterocycles. The number of benzene rings is 2. The lowest BCUT2D eigenvalue weighted by molar-refractivity contribution is -0.384. The molecule has 2 aromatic carbocycles. The maximum Gasteiger partial charge on any atom is 0.294 e. The SMILES string of the molecule is NNc1c(COc2c(F)cccc2Cl)cccc1[N+](=O)[O-]. The molecule has 0 saturated heterocycles. The van der Waals surface area contributed by atoms with Gasteiger partial charge in [-0.25, -0.2) is 4.39 Å². The van der Waals surface area contributed by atoms with Crippen LogP contribution in [-0.4, -0.2) is 4.92 Å². The highest BCUT2D eigenvalue weighted by Gasteiger charge is 2.17. The largest absolute Gasteiger partial charge is 0.484 e. The number of para-hydroxylation sites is 2. The van der Waals surface area contributed by atoms with Crippen molar-refractivity contribution in [3.63, 3.8) is 0 Å². The number of halogens is 2. The summed E-state index contributed by atoms with van der Waals surface area (Å²) in [6.45, 7) is -0.123. The molecule has 0 atom stereocenters. The van der Waals surface area contributed by atoms with Crippen LogP contribution < -0.4 is 16.0 Å². The van der Waals surface area contributed by atoms with Crippen LogP contribution in [0.4, 0.5) is 15.8 Å². The van der Waals surface area contributed by atoms with Crippen LogP contribution >= 0.6 is 11.6 Å². The predicted molar refractivity (Wildman–Crippen MR) is 76.6 cm³/mol. The van der Waals surface area contributed by atoms with Crippen LogP contribution in [-0.2, 0) is 6.61 Å². The van der Waals surface area contributed by atoms with E-state index < -0.39 is 10.7 Å². The van der Waals surface area contributed by atoms with E-state index in [0.29, 0.717) is 5.56 Å². The molecule has 0 saturated carbocycles. The first-order chi connectivity index (χ1) is 10.0. The third kappa shape index (κ3) is 3.21. The average Bonchev–Trinajstić information content (AvgIpc) is 2.46. The zero-order valence-electron chi connectivity index (χ0n) is 10.7. The first-order valence-electron chi connectivity index (χ1n) is 5.84. The van der Waals surface area contributed by atoms with Crippen molar-refractivity contribution < 1.29 is 14.1 Å². The molecule has 0 bridgehead atoms. The molecular weight excluding hydrogens is 301 g/mol. The monoisotopic (exact) mass is 311 g/mol. The molecule has 8 heteroatoms. The Kier molecular flexibility index (Phi) is 4.56. The Morgan fingerprint density at radius 1 is 1.33 bits per heavy atom. The van der Waals surface area contributed by atoms with Crippen molar-refractivity contribution in [2.75, 3.05) is 5.43 Å². The second-order valence-corrected chi connectivity index (χ2v) is 4.46. The summed E-state index contributed by atoms with van der Waals surface area (Å²) < 4.78 is 18.9. The maximum absolute atomic E-state index is 13.6. The summed E-state index contributed by atoms with van der Waals surface area (Å²) in [5, 5.41) is 11.0. The highest BCUT2D eigenvalue weighted by Crippen LogP contribution is 2.31. The summed E-state index contributed by atoms with van der Waals surface area (Å²) >= 11 is 5.84. The smallest absolute Gasteiger partial charge is 0.294 e. The van der Waals surface area contributed by atoms with E-state index in [9.17, 15) is 14.5 Å². The Morgan fingerprint density at radius 3 is 2.67 bits per heavy atom. The van der Waals surface area contributed by atoms with E-state index in [1.54, 1.807) is 6.07 Å². The molecule has 2 aromatic rings. The summed E-state index contributed by atoms with van der Waals surface area (Å²) in [5.41, 5.74) is 2.58. The van der Waals surface area contributed by atoms with Crippen molar-refractivity contribution >= 4 is 23.0 Å². The summed E-state index contributed by atoms with van der Waals surface area (Å²) in [4.78, 5) is 10.3. The van der Waals surface area contributed by atoms with Gasteiger partial charge >= 0.3 is 0 Å². The van der Waals surface area contributed by atoms with Gasteiger partial charge in [0.2, 0.25) is 0 Å². The van der Waals surface area contributed by atoms with E-state index in [-0.39, 0.29) is 28.8 Å². The summed E-state index contributed by atoms with van der Waals surface area (Å²) in [7, 11) is 0. The van der Waals surface area contributed by atoms with E-state index in [1.165, 1.54) is 30.3 Å². The van der Waals surface area contributed by atoms with Crippen molar-refractivity contribution in [2.45, 2.75) is 6.61 Å². The van der Waals surface area contributed by atoms with Crippen LogP contribution in [0, 0.1) is 15.9 Å². The van der Waals surface area contributed by atoms with Crippen molar-refractivity contribution in [1.29, 1.82) is 0 Å². The van der Waals surface area contributed by atoms with Crippen LogP contribution in [0.15, 0.2) is 36.4 Å². The number of nitrogens with two attached hydrogens (primary N) is 1. The minimum atomic E-state index is -0.616. The standard InChI is InChI=1S/C13H11ClFN3O3/c14-9-4-2-5-10(15)13(9)21-7-8-3-1-6-11(18(19)20)12(8)17-16/h1-6,17H,7,16H2. The minimum absolute atomic E-state index is 0.106. The van der Waals surface area contributed by atoms with Crippen molar-refractivity contribution in [1.82, 2.24) is 0 Å². The molecule has 3 N–H and O–H groups in total. The van der Waals surface area contributed by atoms with E-state index in [1.807, 2.05) is 0 Å². The fraction of sp³-hybridized carbons (Fsp3) is 0.0769. The predicted octanol–water partition coefficient (Wildman–Crippen LogP) is 3.25. The van der Waals surface area contributed by atoms with Crippen LogP contribution in [0.25, 0.3) is 0 Å². The molecule has 0 aliphatic heterocycles. The molecule has 110 valence electrons. The summed E-state index contributed by atoms with van der Waals surface area (Å²) in [6.07, 6.45) is 0. The number of nitrogen functional groups attached to an aromatic ring is 1. The molecule has 0 spiro atoms. The van der Waals surface area contributed by atoms with Gasteiger partial charge < -0.3 is 10.2 Å². The average molecular weight is 312 g/mol. The van der Waals surface area contributed by atoms with E-state index in [4.69, 9.17) is 22.2 Å². The molecule has 0 amide bonds. The zero-order chi connectivity index (χ0) is 15.4. The minimum Gasteiger partial charge on any atom is -0.484 e. The Bertz CT molecular complexity index is 661. The molecule has 0 unspecified atom stereocenters. The highest BCUT2D eigenvalue weighted by molar-refractivity contribution is 6.32. The molecule has 0 aliphatic carbocycles. The number of hydrogen-bond acceptors (Lipinski definition) is 5. The Morgan fingerprint density at radius 2 is 2.05 bits per heavy atom. The van der Waals surface area contributed by atoms with Gasteiger partial charge in [0.25, 0.3) is 5.69 Å². The van der Waals surface area contributed by atoms with E-state index in [2.05, 4.69) is 5.43 Å². The number of nitrogens with one attached hydrogen (secondary N) is 1. The molecule has 0 aliphatic rings. The van der Waals surface area contributed by atoms with E-state index >= 15 is 0 Å². The molecule has 21 heavy (non-hydrogen) atoms. The maximum atomic E-state index is 13.6. The number of rotatable bonds is 5. The fourth-order valence-corrected chi connectivity index (χ4v) is 2.01. The Hall–Kier alpha value is -2.38. The van der Waals surface area contributed by atoms with Crippen molar-refractivity contribution in [3.8, 4) is 5.75 Å². The van der Waals surface area contributed by atoms with Crippen molar-refractivity contribution in [2.24, 2.45) is 5.84 Å². The number of hydrogen-bond donors (Lipinski definition) is 2. The zero-order valence-corrected chi connectivity index (χ0v) is 11.4. The molecule has 0 radical (unpaired) electrons. The third-order valence-corrected chi connectivity index (χ3v) is 3.06. The van der Waals surface area contributed by atoms with Gasteiger partial charge in [0.05, 0.1) is 9.95 Å². The Balaban J connectivity index is 2.28. The number of nitro groups is 1. The first kappa shape index (κ1) is 15.0. The van der Waals surface area contributed by atoms with Gasteiger partial charge in [-0.2, -0.15) is 0 Å². The first-order valence-corrected chi connectivity index (χ1v) is 6.22. The van der Waals surface area contributed by atoms with Gasteiger partial charge in [0.1, 0.15) is 12.3 Å². The lowest BCUT2D eigenvalue weighted by Gasteiger charge is -2.12. The van der Waals surface area contributed by atoms with Gasteiger partial charge in [-0.05, 0) is 12.1 Å². The quantitative estimate of drug-likeness (QED) is 0.502. The van der Waals surface area contributed by atoms with Crippen LogP contribution in [0.5, 0.6) is 5.75 Å². The van der Waals surface area contributed by atoms with Crippen LogP contribution in [0.3, 0.4) is 0 Å². The summed E-state index contributed by atoms with van der Waals surface area (Å²) in [6, 6.07) is 8.50. The molecule has 0 fully saturated rings. The summed E-state index contributed by atoms with van der Waals surface area (Å²) in [5.74, 6) is 4.58. The normalized spacial score (nSPS) is 10.2. The molecule has 0 heterocycles.